The molecule has 0 saturated carbocycles. The molecule has 19 nitrogen and oxygen atoms in total. The van der Waals surface area contributed by atoms with E-state index in [1.54, 1.807) is 53.8 Å². The van der Waals surface area contributed by atoms with E-state index in [2.05, 4.69) is 50.3 Å². The number of aromatic nitrogens is 6. The van der Waals surface area contributed by atoms with Gasteiger partial charge in [0.05, 0.1) is 77.9 Å². The van der Waals surface area contributed by atoms with E-state index in [9.17, 15) is 31.1 Å². The fraction of sp³-hybridized carbons (Fsp3) is 0.415. The van der Waals surface area contributed by atoms with E-state index in [1.165, 1.54) is 24.4 Å². The van der Waals surface area contributed by atoms with Gasteiger partial charge in [-0.3, -0.25) is 4.90 Å². The smallest absolute Gasteiger partial charge is 0.416 e. The fourth-order valence-corrected chi connectivity index (χ4v) is 9.57. The van der Waals surface area contributed by atoms with Crippen LogP contribution in [0.3, 0.4) is 0 Å². The molecule has 29 heteroatoms. The largest absolute Gasteiger partial charge is 0.475 e. The molecule has 4 fully saturated rings. The second-order valence-corrected chi connectivity index (χ2v) is 20.1. The quantitative estimate of drug-likeness (QED) is 0.115. The van der Waals surface area contributed by atoms with Crippen molar-refractivity contribution in [1.82, 2.24) is 29.9 Å². The van der Waals surface area contributed by atoms with Gasteiger partial charge in [0.25, 0.3) is 0 Å². The van der Waals surface area contributed by atoms with Gasteiger partial charge in [-0.05, 0) is 76.9 Å². The molecule has 2 amide bonds. The van der Waals surface area contributed by atoms with Crippen LogP contribution in [0.2, 0.25) is 0 Å². The van der Waals surface area contributed by atoms with Crippen molar-refractivity contribution in [3.05, 3.63) is 109 Å². The molecular weight excluding hydrogens is 1160 g/mol. The third kappa shape index (κ3) is 15.7. The fourth-order valence-electron chi connectivity index (χ4n) is 9.57. The maximum absolute atomic E-state index is 13.5. The number of carbonyl (C=O) groups is 1. The third-order valence-electron chi connectivity index (χ3n) is 13.3. The molecule has 0 aliphatic carbocycles. The number of benzene rings is 2. The molecule has 0 radical (unpaired) electrons. The van der Waals surface area contributed by atoms with Crippen LogP contribution in [0.4, 0.5) is 65.5 Å². The van der Waals surface area contributed by atoms with Crippen LogP contribution in [0.15, 0.2) is 97.6 Å². The SMILES string of the molecule is CC1(C)OC[C@H](COc2ccc(N)cn2)O1.CC1(C)OC[C@H](COc2ccc(NC(=O)N3c4nc(-c5cccc(C(F)(F)F)c5)ncc4N4CC[C@H]3C4)cn2)O1.FC(F)(F)c1cccc(-c2ncc3c(n2)N[C@H]2CCN3C2)c1.S.S.S.S. The van der Waals surface area contributed by atoms with Crippen LogP contribution < -0.4 is 40.5 Å². The minimum atomic E-state index is -4.49. The lowest BCUT2D eigenvalue weighted by Gasteiger charge is -2.35. The van der Waals surface area contributed by atoms with Gasteiger partial charge in [-0.2, -0.15) is 80.3 Å². The number of hydrogen-bond acceptors (Lipinski definition) is 17. The zero-order chi connectivity index (χ0) is 55.0. The van der Waals surface area contributed by atoms with E-state index < -0.39 is 41.1 Å². The number of hydrogen-bond donors (Lipinski definition) is 3. The molecule has 4 atom stereocenters. The average molecular weight is 1220 g/mol. The summed E-state index contributed by atoms with van der Waals surface area (Å²) in [6.45, 7) is 12.3. The molecule has 4 saturated heterocycles. The molecule has 0 unspecified atom stereocenters. The first-order valence-electron chi connectivity index (χ1n) is 25.1. The van der Waals surface area contributed by atoms with Gasteiger partial charge in [0.2, 0.25) is 11.8 Å². The highest BCUT2D eigenvalue weighted by Crippen LogP contribution is 2.41. The predicted molar refractivity (Wildman–Crippen MR) is 317 cm³/mol. The van der Waals surface area contributed by atoms with E-state index in [4.69, 9.17) is 34.2 Å². The highest BCUT2D eigenvalue weighted by atomic mass is 32.1. The summed E-state index contributed by atoms with van der Waals surface area (Å²) in [6, 6.07) is 16.5. The van der Waals surface area contributed by atoms with Crippen LogP contribution in [0.5, 0.6) is 11.8 Å². The number of nitrogen functional groups attached to an aromatic ring is 1. The maximum atomic E-state index is 13.5. The zero-order valence-electron chi connectivity index (χ0n) is 44.8. The number of fused-ring (bicyclic) bond motifs is 8. The molecule has 4 N–H and O–H groups in total. The monoisotopic (exact) mass is 1220 g/mol. The van der Waals surface area contributed by atoms with Crippen molar-refractivity contribution in [2.75, 3.05) is 83.7 Å². The lowest BCUT2D eigenvalue weighted by atomic mass is 10.1. The van der Waals surface area contributed by atoms with Gasteiger partial charge < -0.3 is 54.6 Å². The lowest BCUT2D eigenvalue weighted by Crippen LogP contribution is -2.48. The highest BCUT2D eigenvalue weighted by Gasteiger charge is 2.42. The summed E-state index contributed by atoms with van der Waals surface area (Å²) in [7, 11) is 0. The van der Waals surface area contributed by atoms with Crippen molar-refractivity contribution in [3.63, 3.8) is 0 Å². The Bertz CT molecular complexity index is 3120. The summed E-state index contributed by atoms with van der Waals surface area (Å²) < 4.78 is 112. The van der Waals surface area contributed by atoms with Gasteiger partial charge in [-0.25, -0.2) is 34.7 Å². The van der Waals surface area contributed by atoms with Gasteiger partial charge in [0.1, 0.15) is 25.4 Å². The molecule has 4 bridgehead atoms. The highest BCUT2D eigenvalue weighted by molar-refractivity contribution is 7.59. The van der Waals surface area contributed by atoms with Crippen LogP contribution in [0.1, 0.15) is 51.7 Å². The van der Waals surface area contributed by atoms with Crippen molar-refractivity contribution in [2.24, 2.45) is 0 Å². The number of anilines is 6. The van der Waals surface area contributed by atoms with E-state index in [0.717, 1.165) is 55.9 Å². The Hall–Kier alpha value is -6.21. The summed E-state index contributed by atoms with van der Waals surface area (Å²) >= 11 is 0. The second-order valence-electron chi connectivity index (χ2n) is 20.1. The first kappa shape index (κ1) is 65.0. The van der Waals surface area contributed by atoms with Crippen LogP contribution in [0.25, 0.3) is 22.8 Å². The van der Waals surface area contributed by atoms with E-state index in [1.807, 2.05) is 27.7 Å². The second kappa shape index (κ2) is 26.6. The van der Waals surface area contributed by atoms with Gasteiger partial charge in [-0.15, -0.1) is 0 Å². The van der Waals surface area contributed by atoms with Crippen LogP contribution in [-0.2, 0) is 31.3 Å². The molecule has 6 aliphatic heterocycles. The molecule has 4 aromatic heterocycles. The Morgan fingerprint density at radius 2 is 1.22 bits per heavy atom. The van der Waals surface area contributed by atoms with Gasteiger partial charge in [0, 0.05) is 55.5 Å². The van der Waals surface area contributed by atoms with Gasteiger partial charge >= 0.3 is 18.4 Å². The molecule has 12 rings (SSSR count). The Balaban J connectivity index is 0.000000217. The van der Waals surface area contributed by atoms with Gasteiger partial charge in [-0.1, -0.05) is 24.3 Å². The molecule has 0 spiro atoms. The average Bonchev–Trinajstić information content (AvgIpc) is 4.36. The Kier molecular flexibility index (Phi) is 21.0. The Labute approximate surface area is 497 Å². The number of pyridine rings is 2. The van der Waals surface area contributed by atoms with Crippen molar-refractivity contribution in [1.29, 1.82) is 0 Å². The summed E-state index contributed by atoms with van der Waals surface area (Å²) in [6.07, 6.45) is -1.06. The summed E-state index contributed by atoms with van der Waals surface area (Å²) in [5, 5.41) is 6.18. The third-order valence-corrected chi connectivity index (χ3v) is 13.3. The first-order valence-corrected chi connectivity index (χ1v) is 25.1. The number of amides is 2. The van der Waals surface area contributed by atoms with E-state index in [0.29, 0.717) is 90.8 Å². The minimum Gasteiger partial charge on any atom is -0.475 e. The maximum Gasteiger partial charge on any atom is 0.416 e. The molecule has 6 aliphatic rings. The summed E-state index contributed by atoms with van der Waals surface area (Å²) in [5.41, 5.74) is 7.26. The van der Waals surface area contributed by atoms with E-state index >= 15 is 0 Å². The molecule has 82 heavy (non-hydrogen) atoms. The van der Waals surface area contributed by atoms with E-state index in [-0.39, 0.29) is 90.2 Å². The van der Waals surface area contributed by atoms with Crippen molar-refractivity contribution >= 4 is 94.4 Å². The summed E-state index contributed by atoms with van der Waals surface area (Å²) in [5.74, 6) is 1.23. The molecule has 10 heterocycles. The molecular formula is C53H64F6N12O7S4. The first-order chi connectivity index (χ1) is 37.1. The number of carbonyl (C=O) groups excluding carboxylic acids is 1. The number of rotatable bonds is 9. The summed E-state index contributed by atoms with van der Waals surface area (Å²) in [4.78, 5) is 45.2. The van der Waals surface area contributed by atoms with Crippen LogP contribution in [0, 0.1) is 0 Å². The van der Waals surface area contributed by atoms with Gasteiger partial charge in [0.15, 0.2) is 34.9 Å². The minimum absolute atomic E-state index is 0. The van der Waals surface area contributed by atoms with Crippen molar-refractivity contribution in [2.45, 2.75) is 88.8 Å². The number of nitrogens with one attached hydrogen (secondary N) is 2. The van der Waals surface area contributed by atoms with Crippen molar-refractivity contribution in [3.8, 4) is 34.5 Å². The molecule has 2 aromatic carbocycles. The van der Waals surface area contributed by atoms with Crippen LogP contribution >= 0.6 is 54.0 Å². The number of nitrogens with two attached hydrogens (primary N) is 1. The van der Waals surface area contributed by atoms with Crippen LogP contribution in [-0.4, -0.2) is 124 Å². The molecule has 6 aromatic rings. The number of halogens is 6. The standard InChI is InChI=1S/C27H27F3N6O4.C15H13F3N4.C11H16N2O3.4H2S/c1-26(2)39-15-20(40-26)14-38-22-7-6-18(11-31-22)33-25(37)36-19-8-9-35(13-19)21-12-32-23(34-24(21)36)16-4-3-5-17(10-16)27(28,29)30;16-15(17,18)10-3-1-2-9(6-10)13-19-7-12-14(21-13)20-11-4-5-22(12)8-11;1-11(2)15-7-9(16-11)6-14-10-4-3-8(12)5-13-10;;;;/h3-7,10-12,19-20H,8-9,13-15H2,1-2H3,(H,33,37);1-3,6-7,11H,4-5,8H2,(H,19,20,21);3-5,9H,6-7,12H2,1-2H3;4*1H2/t19-,20-;11-;9-;;;;/m000..../s1. The molecule has 444 valence electrons. The number of nitrogens with zero attached hydrogens (tertiary/aromatic N) is 9. The lowest BCUT2D eigenvalue weighted by molar-refractivity contribution is -0.142. The number of urea groups is 1. The number of ether oxygens (including phenoxy) is 6. The topological polar surface area (TPSA) is 210 Å². The zero-order valence-corrected chi connectivity index (χ0v) is 48.8. The Morgan fingerprint density at radius 3 is 1.74 bits per heavy atom. The predicted octanol–water partition coefficient (Wildman–Crippen LogP) is 9.53. The normalized spacial score (nSPS) is 20.2. The van der Waals surface area contributed by atoms with Crippen molar-refractivity contribution < 1.29 is 59.6 Å². The number of alkyl halides is 6. The Morgan fingerprint density at radius 1 is 0.683 bits per heavy atom.